The molecule has 44 heavy (non-hydrogen) atoms. The molecule has 0 aromatic heterocycles. The van der Waals surface area contributed by atoms with Crippen LogP contribution in [0, 0.1) is 0 Å². The molecular weight excluding hydrogens is 528 g/mol. The van der Waals surface area contributed by atoms with Crippen molar-refractivity contribution in [3.05, 3.63) is 170 Å². The summed E-state index contributed by atoms with van der Waals surface area (Å²) in [5.74, 6) is 0. The Balaban J connectivity index is 1.45. The molecule has 204 valence electrons. The maximum atomic E-state index is 2.36. The molecule has 0 atom stereocenters. The van der Waals surface area contributed by atoms with Crippen LogP contribution in [-0.4, -0.2) is 0 Å². The van der Waals surface area contributed by atoms with Gasteiger partial charge in [-0.1, -0.05) is 152 Å². The lowest BCUT2D eigenvalue weighted by Gasteiger charge is -2.21. The van der Waals surface area contributed by atoms with Crippen LogP contribution in [0.1, 0.15) is 0 Å². The van der Waals surface area contributed by atoms with Gasteiger partial charge in [-0.3, -0.25) is 0 Å². The zero-order chi connectivity index (χ0) is 29.0. The quantitative estimate of drug-likeness (QED) is 0.190. The molecule has 9 aromatic carbocycles. The summed E-state index contributed by atoms with van der Waals surface area (Å²) in [5, 5.41) is 12.6. The van der Waals surface area contributed by atoms with Crippen LogP contribution in [0.3, 0.4) is 0 Å². The first-order valence-electron chi connectivity index (χ1n) is 15.3. The third kappa shape index (κ3) is 3.92. The lowest BCUT2D eigenvalue weighted by Crippen LogP contribution is -1.93. The van der Waals surface area contributed by atoms with Crippen LogP contribution in [0.25, 0.3) is 87.2 Å². The van der Waals surface area contributed by atoms with Gasteiger partial charge in [0.05, 0.1) is 0 Å². The van der Waals surface area contributed by atoms with E-state index in [2.05, 4.69) is 170 Å². The third-order valence-electron chi connectivity index (χ3n) is 9.19. The minimum atomic E-state index is 1.23. The van der Waals surface area contributed by atoms with E-state index in [9.17, 15) is 0 Å². The fraction of sp³-hybridized carbons (Fsp3) is 0. The van der Waals surface area contributed by atoms with Gasteiger partial charge in [-0.15, -0.1) is 0 Å². The van der Waals surface area contributed by atoms with Crippen LogP contribution in [0.5, 0.6) is 0 Å². The first kappa shape index (κ1) is 24.8. The number of fused-ring (bicyclic) bond motifs is 5. The Morgan fingerprint density at radius 1 is 0.250 bits per heavy atom. The van der Waals surface area contributed by atoms with E-state index in [0.29, 0.717) is 0 Å². The molecule has 0 heteroatoms. The van der Waals surface area contributed by atoms with Crippen molar-refractivity contribution in [1.82, 2.24) is 0 Å². The van der Waals surface area contributed by atoms with Gasteiger partial charge in [0.2, 0.25) is 0 Å². The van der Waals surface area contributed by atoms with Gasteiger partial charge in [-0.2, -0.15) is 0 Å². The van der Waals surface area contributed by atoms with Crippen LogP contribution in [-0.2, 0) is 0 Å². The molecule has 9 rings (SSSR count). The maximum Gasteiger partial charge on any atom is -0.00141 e. The second kappa shape index (κ2) is 9.93. The standard InChI is InChI=1S/C44H28/c1-4-13-32-26-35(23-20-29(32)10-1)38-18-9-19-41-42(36-24-21-30-11-2-5-14-33(30)27-36)39-16-7-8-17-40(39)43(44(38)41)37-25-22-31-12-3-6-15-34(31)28-37/h1-28H. The Hall–Kier alpha value is -5.72. The summed E-state index contributed by atoms with van der Waals surface area (Å²) >= 11 is 0. The van der Waals surface area contributed by atoms with Gasteiger partial charge in [0.15, 0.2) is 0 Å². The van der Waals surface area contributed by atoms with E-state index in [4.69, 9.17) is 0 Å². The summed E-state index contributed by atoms with van der Waals surface area (Å²) in [4.78, 5) is 0. The van der Waals surface area contributed by atoms with Crippen molar-refractivity contribution in [3.63, 3.8) is 0 Å². The molecular formula is C44H28. The monoisotopic (exact) mass is 556 g/mol. The number of hydrogen-bond donors (Lipinski definition) is 0. The van der Waals surface area contributed by atoms with Crippen molar-refractivity contribution in [2.24, 2.45) is 0 Å². The molecule has 0 bridgehead atoms. The predicted molar refractivity (Wildman–Crippen MR) is 190 cm³/mol. The van der Waals surface area contributed by atoms with Gasteiger partial charge in [-0.25, -0.2) is 0 Å². The van der Waals surface area contributed by atoms with Crippen molar-refractivity contribution in [2.75, 3.05) is 0 Å². The molecule has 0 unspecified atom stereocenters. The Morgan fingerprint density at radius 2 is 0.659 bits per heavy atom. The highest BCUT2D eigenvalue weighted by atomic mass is 14.2. The van der Waals surface area contributed by atoms with Crippen LogP contribution in [0.4, 0.5) is 0 Å². The summed E-state index contributed by atoms with van der Waals surface area (Å²) in [5.41, 5.74) is 7.54. The largest absolute Gasteiger partial charge is 0.0616 e. The number of hydrogen-bond acceptors (Lipinski definition) is 0. The molecule has 0 aliphatic heterocycles. The smallest absolute Gasteiger partial charge is 0.00141 e. The molecule has 0 aliphatic carbocycles. The van der Waals surface area contributed by atoms with Gasteiger partial charge >= 0.3 is 0 Å². The Morgan fingerprint density at radius 3 is 1.23 bits per heavy atom. The van der Waals surface area contributed by atoms with E-state index in [-0.39, 0.29) is 0 Å². The molecule has 0 radical (unpaired) electrons. The SMILES string of the molecule is c1ccc2cc(-c3c4ccccc4c(-c4ccc5ccccc5c4)c4c(-c5ccc6ccccc6c5)cccc34)ccc2c1. The minimum Gasteiger partial charge on any atom is -0.0616 e. The van der Waals surface area contributed by atoms with Crippen LogP contribution in [0.2, 0.25) is 0 Å². The molecule has 0 aliphatic rings. The molecule has 0 heterocycles. The number of rotatable bonds is 3. The zero-order valence-corrected chi connectivity index (χ0v) is 24.2. The highest BCUT2D eigenvalue weighted by Gasteiger charge is 2.20. The van der Waals surface area contributed by atoms with E-state index < -0.39 is 0 Å². The maximum absolute atomic E-state index is 2.36. The van der Waals surface area contributed by atoms with Crippen LogP contribution >= 0.6 is 0 Å². The fourth-order valence-corrected chi connectivity index (χ4v) is 7.13. The Kier molecular flexibility index (Phi) is 5.61. The molecule has 0 nitrogen and oxygen atoms in total. The van der Waals surface area contributed by atoms with Crippen LogP contribution < -0.4 is 0 Å². The van der Waals surface area contributed by atoms with E-state index in [1.54, 1.807) is 0 Å². The molecule has 0 amide bonds. The highest BCUT2D eigenvalue weighted by Crippen LogP contribution is 2.47. The third-order valence-corrected chi connectivity index (χ3v) is 9.19. The molecule has 0 fully saturated rings. The van der Waals surface area contributed by atoms with E-state index in [1.807, 2.05) is 0 Å². The summed E-state index contributed by atoms with van der Waals surface area (Å²) in [6, 6.07) is 62.5. The average Bonchev–Trinajstić information content (AvgIpc) is 3.09. The normalized spacial score (nSPS) is 11.6. The lowest BCUT2D eigenvalue weighted by atomic mass is 9.82. The van der Waals surface area contributed by atoms with E-state index >= 15 is 0 Å². The molecule has 9 aromatic rings. The van der Waals surface area contributed by atoms with Crippen molar-refractivity contribution < 1.29 is 0 Å². The first-order valence-corrected chi connectivity index (χ1v) is 15.3. The molecule has 0 N–H and O–H groups in total. The van der Waals surface area contributed by atoms with Gasteiger partial charge in [-0.05, 0) is 105 Å². The summed E-state index contributed by atoms with van der Waals surface area (Å²) in [6.45, 7) is 0. The fourth-order valence-electron chi connectivity index (χ4n) is 7.13. The lowest BCUT2D eigenvalue weighted by molar-refractivity contribution is 1.66. The highest BCUT2D eigenvalue weighted by molar-refractivity contribution is 6.25. The van der Waals surface area contributed by atoms with E-state index in [1.165, 1.54) is 87.2 Å². The summed E-state index contributed by atoms with van der Waals surface area (Å²) in [6.07, 6.45) is 0. The number of benzene rings is 9. The Bertz CT molecular complexity index is 2550. The van der Waals surface area contributed by atoms with Crippen molar-refractivity contribution in [3.8, 4) is 33.4 Å². The topological polar surface area (TPSA) is 0 Å². The molecule has 0 saturated heterocycles. The molecule has 0 spiro atoms. The van der Waals surface area contributed by atoms with Crippen LogP contribution in [0.15, 0.2) is 170 Å². The molecule has 0 saturated carbocycles. The first-order chi connectivity index (χ1) is 21.8. The second-order valence-corrected chi connectivity index (χ2v) is 11.7. The summed E-state index contributed by atoms with van der Waals surface area (Å²) in [7, 11) is 0. The predicted octanol–water partition coefficient (Wildman–Crippen LogP) is 12.5. The van der Waals surface area contributed by atoms with Gasteiger partial charge in [0.25, 0.3) is 0 Å². The average molecular weight is 557 g/mol. The Labute approximate surface area is 256 Å². The summed E-state index contributed by atoms with van der Waals surface area (Å²) < 4.78 is 0. The van der Waals surface area contributed by atoms with Crippen molar-refractivity contribution >= 4 is 53.9 Å². The second-order valence-electron chi connectivity index (χ2n) is 11.7. The van der Waals surface area contributed by atoms with Crippen molar-refractivity contribution in [1.29, 1.82) is 0 Å². The van der Waals surface area contributed by atoms with Gasteiger partial charge in [0.1, 0.15) is 0 Å². The van der Waals surface area contributed by atoms with Gasteiger partial charge in [0, 0.05) is 0 Å². The van der Waals surface area contributed by atoms with E-state index in [0.717, 1.165) is 0 Å². The van der Waals surface area contributed by atoms with Gasteiger partial charge < -0.3 is 0 Å². The minimum absolute atomic E-state index is 1.23. The van der Waals surface area contributed by atoms with Crippen molar-refractivity contribution in [2.45, 2.75) is 0 Å². The zero-order valence-electron chi connectivity index (χ0n) is 24.2.